The van der Waals surface area contributed by atoms with E-state index in [1.54, 1.807) is 36.5 Å². The fourth-order valence-corrected chi connectivity index (χ4v) is 4.82. The minimum atomic E-state index is -4.45. The summed E-state index contributed by atoms with van der Waals surface area (Å²) in [5, 5.41) is 4.41. The van der Waals surface area contributed by atoms with Crippen LogP contribution >= 0.6 is 0 Å². The first-order valence-electron chi connectivity index (χ1n) is 14.8. The highest BCUT2D eigenvalue weighted by atomic mass is 19.4. The number of hydrogen-bond donors (Lipinski definition) is 1. The summed E-state index contributed by atoms with van der Waals surface area (Å²) in [6.07, 6.45) is -3.01. The third-order valence-electron chi connectivity index (χ3n) is 7.49. The van der Waals surface area contributed by atoms with E-state index in [1.807, 2.05) is 42.5 Å². The maximum atomic E-state index is 13.4. The summed E-state index contributed by atoms with van der Waals surface area (Å²) in [7, 11) is 1.26. The largest absolute Gasteiger partial charge is 0.469 e. The fraction of sp³-hybridized carbons (Fsp3) is 0.216. The van der Waals surface area contributed by atoms with E-state index in [4.69, 9.17) is 14.2 Å². The highest BCUT2D eigenvalue weighted by molar-refractivity contribution is 5.97. The quantitative estimate of drug-likeness (QED) is 0.161. The summed E-state index contributed by atoms with van der Waals surface area (Å²) in [5.41, 5.74) is 1.16. The molecule has 0 spiro atoms. The summed E-state index contributed by atoms with van der Waals surface area (Å²) in [6, 6.07) is 25.1. The van der Waals surface area contributed by atoms with Gasteiger partial charge in [0, 0.05) is 11.6 Å². The number of carbonyl (C=O) groups excluding carboxylic acids is 2. The van der Waals surface area contributed by atoms with Crippen molar-refractivity contribution in [2.45, 2.75) is 44.8 Å². The summed E-state index contributed by atoms with van der Waals surface area (Å²) >= 11 is 0. The van der Waals surface area contributed by atoms with E-state index < -0.39 is 29.7 Å². The molecule has 1 atom stereocenters. The fourth-order valence-electron chi connectivity index (χ4n) is 4.82. The third-order valence-corrected chi connectivity index (χ3v) is 7.49. The molecule has 0 aliphatic carbocycles. The van der Waals surface area contributed by atoms with Crippen LogP contribution in [0.4, 0.5) is 13.2 Å². The standard InChI is InChI=1S/C37H33F3N2O5/c1-36(2,3)26-8-15-30(16-9-26)47-31-14-7-24-22-41-33(20-25(24)19-31)35(44)42-32(21-34(43)45-4)23-5-12-28(13-6-23)46-29-17-10-27(11-18-29)37(38,39)40/h5-20,22,32H,21H2,1-4H3,(H,42,44). The van der Waals surface area contributed by atoms with Crippen LogP contribution in [0.15, 0.2) is 103 Å². The van der Waals surface area contributed by atoms with Gasteiger partial charge in [-0.15, -0.1) is 0 Å². The molecule has 0 saturated carbocycles. The number of pyridine rings is 1. The molecule has 0 radical (unpaired) electrons. The Labute approximate surface area is 270 Å². The number of methoxy groups -OCH3 is 1. The van der Waals surface area contributed by atoms with E-state index in [9.17, 15) is 22.8 Å². The summed E-state index contributed by atoms with van der Waals surface area (Å²) in [5.74, 6) is 0.821. The van der Waals surface area contributed by atoms with Crippen LogP contribution in [-0.4, -0.2) is 24.0 Å². The number of carbonyl (C=O) groups is 2. The van der Waals surface area contributed by atoms with E-state index in [-0.39, 0.29) is 23.3 Å². The van der Waals surface area contributed by atoms with Crippen molar-refractivity contribution < 1.29 is 37.0 Å². The molecule has 0 bridgehead atoms. The Morgan fingerprint density at radius 2 is 1.26 bits per heavy atom. The zero-order valence-electron chi connectivity index (χ0n) is 26.2. The minimum absolute atomic E-state index is 0.0253. The van der Waals surface area contributed by atoms with Gasteiger partial charge in [-0.25, -0.2) is 0 Å². The number of rotatable bonds is 9. The maximum Gasteiger partial charge on any atom is 0.416 e. The Balaban J connectivity index is 1.30. The molecular weight excluding hydrogens is 609 g/mol. The number of aromatic nitrogens is 1. The van der Waals surface area contributed by atoms with E-state index in [0.717, 1.165) is 22.9 Å². The van der Waals surface area contributed by atoms with Crippen LogP contribution in [0.2, 0.25) is 0 Å². The van der Waals surface area contributed by atoms with Crippen molar-refractivity contribution in [1.82, 2.24) is 10.3 Å². The number of alkyl halides is 3. The Hall–Kier alpha value is -5.38. The smallest absolute Gasteiger partial charge is 0.416 e. The molecule has 1 unspecified atom stereocenters. The first-order chi connectivity index (χ1) is 22.3. The Kier molecular flexibility index (Phi) is 9.51. The second-order valence-electron chi connectivity index (χ2n) is 12.0. The van der Waals surface area contributed by atoms with Gasteiger partial charge < -0.3 is 19.5 Å². The first-order valence-corrected chi connectivity index (χ1v) is 14.8. The monoisotopic (exact) mass is 642 g/mol. The molecule has 0 fully saturated rings. The Morgan fingerprint density at radius 3 is 1.81 bits per heavy atom. The molecule has 10 heteroatoms. The summed E-state index contributed by atoms with van der Waals surface area (Å²) < 4.78 is 55.2. The van der Waals surface area contributed by atoms with Gasteiger partial charge in [-0.2, -0.15) is 13.2 Å². The normalized spacial score (nSPS) is 12.3. The molecule has 47 heavy (non-hydrogen) atoms. The van der Waals surface area contributed by atoms with Crippen molar-refractivity contribution in [1.29, 1.82) is 0 Å². The number of halogens is 3. The zero-order chi connectivity index (χ0) is 33.8. The van der Waals surface area contributed by atoms with Crippen molar-refractivity contribution >= 4 is 22.6 Å². The number of nitrogens with one attached hydrogen (secondary N) is 1. The molecule has 1 aromatic heterocycles. The lowest BCUT2D eigenvalue weighted by Gasteiger charge is -2.19. The van der Waals surface area contributed by atoms with E-state index >= 15 is 0 Å². The SMILES string of the molecule is COC(=O)CC(NC(=O)c1cc2cc(Oc3ccc(C(C)(C)C)cc3)ccc2cn1)c1ccc(Oc2ccc(C(F)(F)F)cc2)cc1. The van der Waals surface area contributed by atoms with Crippen LogP contribution in [0, 0.1) is 0 Å². The lowest BCUT2D eigenvalue weighted by atomic mass is 9.87. The molecule has 0 aliphatic rings. The van der Waals surface area contributed by atoms with E-state index in [0.29, 0.717) is 22.8 Å². The maximum absolute atomic E-state index is 13.4. The van der Waals surface area contributed by atoms with Gasteiger partial charge in [-0.1, -0.05) is 45.0 Å². The molecule has 0 aliphatic heterocycles. The number of hydrogen-bond acceptors (Lipinski definition) is 6. The second-order valence-corrected chi connectivity index (χ2v) is 12.0. The van der Waals surface area contributed by atoms with Gasteiger partial charge in [0.2, 0.25) is 0 Å². The third kappa shape index (κ3) is 8.46. The molecule has 5 rings (SSSR count). The van der Waals surface area contributed by atoms with E-state index in [1.165, 1.54) is 24.8 Å². The summed E-state index contributed by atoms with van der Waals surface area (Å²) in [4.78, 5) is 29.9. The zero-order valence-corrected chi connectivity index (χ0v) is 26.2. The lowest BCUT2D eigenvalue weighted by Crippen LogP contribution is -2.31. The molecule has 5 aromatic rings. The van der Waals surface area contributed by atoms with Gasteiger partial charge in [0.05, 0.1) is 25.1 Å². The van der Waals surface area contributed by atoms with Crippen molar-refractivity contribution in [2.75, 3.05) is 7.11 Å². The predicted octanol–water partition coefficient (Wildman–Crippen LogP) is 9.17. The minimum Gasteiger partial charge on any atom is -0.469 e. The molecule has 4 aromatic carbocycles. The van der Waals surface area contributed by atoms with Gasteiger partial charge in [-0.05, 0) is 94.7 Å². The molecular formula is C37H33F3N2O5. The predicted molar refractivity (Wildman–Crippen MR) is 172 cm³/mol. The highest BCUT2D eigenvalue weighted by Gasteiger charge is 2.30. The number of amides is 1. The van der Waals surface area contributed by atoms with Crippen molar-refractivity contribution in [3.05, 3.63) is 126 Å². The van der Waals surface area contributed by atoms with Gasteiger partial charge in [0.15, 0.2) is 0 Å². The van der Waals surface area contributed by atoms with Crippen LogP contribution in [0.1, 0.15) is 60.4 Å². The van der Waals surface area contributed by atoms with Crippen molar-refractivity contribution in [2.24, 2.45) is 0 Å². The molecule has 1 N–H and O–H groups in total. The molecule has 1 heterocycles. The van der Waals surface area contributed by atoms with E-state index in [2.05, 4.69) is 31.1 Å². The number of ether oxygens (including phenoxy) is 3. The van der Waals surface area contributed by atoms with Crippen LogP contribution in [0.25, 0.3) is 10.8 Å². The van der Waals surface area contributed by atoms with Crippen LogP contribution in [0.3, 0.4) is 0 Å². The van der Waals surface area contributed by atoms with Crippen LogP contribution in [0.5, 0.6) is 23.0 Å². The van der Waals surface area contributed by atoms with Crippen LogP contribution < -0.4 is 14.8 Å². The van der Waals surface area contributed by atoms with Gasteiger partial charge in [0.25, 0.3) is 5.91 Å². The van der Waals surface area contributed by atoms with Crippen molar-refractivity contribution in [3.8, 4) is 23.0 Å². The number of esters is 1. The van der Waals surface area contributed by atoms with Gasteiger partial charge in [-0.3, -0.25) is 14.6 Å². The Bertz CT molecular complexity index is 1870. The first kappa shape index (κ1) is 33.0. The Morgan fingerprint density at radius 1 is 0.723 bits per heavy atom. The molecule has 7 nitrogen and oxygen atoms in total. The van der Waals surface area contributed by atoms with Gasteiger partial charge in [0.1, 0.15) is 28.7 Å². The van der Waals surface area contributed by atoms with Crippen LogP contribution in [-0.2, 0) is 21.1 Å². The molecule has 242 valence electrons. The number of benzene rings is 4. The average molecular weight is 643 g/mol. The van der Waals surface area contributed by atoms with Gasteiger partial charge >= 0.3 is 12.1 Å². The highest BCUT2D eigenvalue weighted by Crippen LogP contribution is 2.32. The number of fused-ring (bicyclic) bond motifs is 1. The molecule has 1 amide bonds. The summed E-state index contributed by atoms with van der Waals surface area (Å²) in [6.45, 7) is 6.44. The number of nitrogens with zero attached hydrogens (tertiary/aromatic N) is 1. The molecule has 0 saturated heterocycles. The second kappa shape index (κ2) is 13.5. The topological polar surface area (TPSA) is 86.8 Å². The lowest BCUT2D eigenvalue weighted by molar-refractivity contribution is -0.141. The van der Waals surface area contributed by atoms with Crippen molar-refractivity contribution in [3.63, 3.8) is 0 Å². The average Bonchev–Trinajstić information content (AvgIpc) is 3.04.